The second kappa shape index (κ2) is 5.63. The van der Waals surface area contributed by atoms with E-state index in [9.17, 15) is 4.79 Å². The maximum atomic E-state index is 12.7. The van der Waals surface area contributed by atoms with Crippen molar-refractivity contribution in [2.75, 3.05) is 6.54 Å². The average molecular weight is 280 g/mol. The smallest absolute Gasteiger partial charge is 0.244 e. The molecule has 0 bridgehead atoms. The van der Waals surface area contributed by atoms with E-state index in [0.29, 0.717) is 5.92 Å². The maximum Gasteiger partial charge on any atom is 0.244 e. The third-order valence-electron chi connectivity index (χ3n) is 4.22. The van der Waals surface area contributed by atoms with Crippen LogP contribution < -0.4 is 5.32 Å². The van der Waals surface area contributed by atoms with E-state index in [2.05, 4.69) is 43.6 Å². The summed E-state index contributed by atoms with van der Waals surface area (Å²) in [6, 6.07) is 4.16. The second-order valence-electron chi connectivity index (χ2n) is 5.72. The molecule has 3 nitrogen and oxygen atoms in total. The number of hydrogen-bond donors (Lipinski definition) is 1. The van der Waals surface area contributed by atoms with Crippen molar-refractivity contribution in [1.29, 1.82) is 0 Å². The highest BCUT2D eigenvalue weighted by atomic mass is 32.1. The van der Waals surface area contributed by atoms with Gasteiger partial charge < -0.3 is 4.90 Å². The molecule has 1 saturated heterocycles. The fourth-order valence-electron chi connectivity index (χ4n) is 2.45. The fraction of sp³-hybridized carbons (Fsp3) is 0.667. The van der Waals surface area contributed by atoms with Crippen molar-refractivity contribution in [2.24, 2.45) is 5.92 Å². The number of amides is 1. The highest BCUT2D eigenvalue weighted by Crippen LogP contribution is 2.35. The quantitative estimate of drug-likeness (QED) is 0.896. The van der Waals surface area contributed by atoms with Crippen LogP contribution in [0.3, 0.4) is 0 Å². The van der Waals surface area contributed by atoms with E-state index in [1.807, 2.05) is 11.8 Å². The van der Waals surface area contributed by atoms with Crippen LogP contribution >= 0.6 is 11.3 Å². The number of carbonyl (C=O) groups is 1. The number of thiophene rings is 1. The van der Waals surface area contributed by atoms with Gasteiger partial charge in [-0.3, -0.25) is 10.1 Å². The summed E-state index contributed by atoms with van der Waals surface area (Å²) in [5, 5.41) is 5.61. The summed E-state index contributed by atoms with van der Waals surface area (Å²) >= 11 is 1.72. The standard InChI is InChI=1S/C15H24N2OS/c1-5-11(3)10-17-13(12-8-7-9-19-12)16-15(4,6-2)14(17)18/h7-9,11,13,16H,5-6,10H2,1-4H3. The molecular weight excluding hydrogens is 256 g/mol. The van der Waals surface area contributed by atoms with Crippen LogP contribution in [0.5, 0.6) is 0 Å². The van der Waals surface area contributed by atoms with E-state index in [4.69, 9.17) is 0 Å². The highest BCUT2D eigenvalue weighted by molar-refractivity contribution is 7.10. The zero-order valence-corrected chi connectivity index (χ0v) is 13.1. The monoisotopic (exact) mass is 280 g/mol. The number of rotatable bonds is 5. The first-order chi connectivity index (χ1) is 9.01. The molecule has 1 N–H and O–H groups in total. The molecule has 1 aliphatic rings. The minimum absolute atomic E-state index is 0.0476. The topological polar surface area (TPSA) is 32.3 Å². The van der Waals surface area contributed by atoms with E-state index in [0.717, 1.165) is 19.4 Å². The van der Waals surface area contributed by atoms with Crippen molar-refractivity contribution in [3.63, 3.8) is 0 Å². The Morgan fingerprint density at radius 2 is 2.26 bits per heavy atom. The molecular formula is C15H24N2OS. The average Bonchev–Trinajstić information content (AvgIpc) is 3.01. The van der Waals surface area contributed by atoms with Crippen LogP contribution in [-0.2, 0) is 4.79 Å². The Bertz CT molecular complexity index is 431. The van der Waals surface area contributed by atoms with Crippen LogP contribution in [0.25, 0.3) is 0 Å². The molecule has 0 aromatic carbocycles. The van der Waals surface area contributed by atoms with E-state index >= 15 is 0 Å². The predicted molar refractivity (Wildman–Crippen MR) is 80.1 cm³/mol. The van der Waals surface area contributed by atoms with Gasteiger partial charge in [-0.2, -0.15) is 0 Å². The Morgan fingerprint density at radius 3 is 2.79 bits per heavy atom. The summed E-state index contributed by atoms with van der Waals surface area (Å²) in [5.41, 5.74) is -0.415. The SMILES string of the molecule is CCC(C)CN1C(=O)C(C)(CC)NC1c1cccs1. The molecule has 4 heteroatoms. The summed E-state index contributed by atoms with van der Waals surface area (Å²) < 4.78 is 0. The van der Waals surface area contributed by atoms with Gasteiger partial charge in [0.15, 0.2) is 0 Å². The van der Waals surface area contributed by atoms with Crippen LogP contribution in [0.4, 0.5) is 0 Å². The largest absolute Gasteiger partial charge is 0.320 e. The van der Waals surface area contributed by atoms with Gasteiger partial charge in [0.25, 0.3) is 0 Å². The number of nitrogens with one attached hydrogen (secondary N) is 1. The van der Waals surface area contributed by atoms with Crippen LogP contribution in [0.1, 0.15) is 51.6 Å². The third-order valence-corrected chi connectivity index (χ3v) is 5.15. The summed E-state index contributed by atoms with van der Waals surface area (Å²) in [7, 11) is 0. The molecule has 2 heterocycles. The maximum absolute atomic E-state index is 12.7. The zero-order chi connectivity index (χ0) is 14.0. The molecule has 3 atom stereocenters. The zero-order valence-electron chi connectivity index (χ0n) is 12.3. The number of hydrogen-bond acceptors (Lipinski definition) is 3. The lowest BCUT2D eigenvalue weighted by molar-refractivity contribution is -0.133. The Hall–Kier alpha value is -0.870. The van der Waals surface area contributed by atoms with Gasteiger partial charge in [0, 0.05) is 11.4 Å². The fourth-order valence-corrected chi connectivity index (χ4v) is 3.24. The molecule has 2 rings (SSSR count). The van der Waals surface area contributed by atoms with Gasteiger partial charge in [-0.25, -0.2) is 0 Å². The lowest BCUT2D eigenvalue weighted by Gasteiger charge is -2.26. The molecule has 3 unspecified atom stereocenters. The van der Waals surface area contributed by atoms with Crippen LogP contribution in [-0.4, -0.2) is 22.9 Å². The predicted octanol–water partition coefficient (Wildman–Crippen LogP) is 3.39. The van der Waals surface area contributed by atoms with Crippen LogP contribution in [0.2, 0.25) is 0 Å². The Kier molecular flexibility index (Phi) is 4.31. The third kappa shape index (κ3) is 2.70. The van der Waals surface area contributed by atoms with Crippen molar-refractivity contribution in [3.05, 3.63) is 22.4 Å². The van der Waals surface area contributed by atoms with Gasteiger partial charge in [0.05, 0.1) is 5.54 Å². The minimum Gasteiger partial charge on any atom is -0.320 e. The molecule has 0 saturated carbocycles. The molecule has 1 aromatic heterocycles. The molecule has 1 amide bonds. The molecule has 1 fully saturated rings. The van der Waals surface area contributed by atoms with Gasteiger partial charge >= 0.3 is 0 Å². The van der Waals surface area contributed by atoms with E-state index in [1.165, 1.54) is 4.88 Å². The van der Waals surface area contributed by atoms with Crippen molar-refractivity contribution in [2.45, 2.75) is 52.2 Å². The van der Waals surface area contributed by atoms with Gasteiger partial charge in [-0.15, -0.1) is 11.3 Å². The Labute approximate surface area is 120 Å². The first-order valence-corrected chi connectivity index (χ1v) is 8.02. The minimum atomic E-state index is -0.415. The highest BCUT2D eigenvalue weighted by Gasteiger charge is 2.47. The van der Waals surface area contributed by atoms with Crippen LogP contribution in [0, 0.1) is 5.92 Å². The molecule has 1 aliphatic heterocycles. The Morgan fingerprint density at radius 1 is 1.53 bits per heavy atom. The molecule has 0 radical (unpaired) electrons. The van der Waals surface area contributed by atoms with Crippen molar-refractivity contribution in [3.8, 4) is 0 Å². The molecule has 106 valence electrons. The summed E-state index contributed by atoms with van der Waals surface area (Å²) in [6.07, 6.45) is 1.97. The summed E-state index contributed by atoms with van der Waals surface area (Å²) in [6.45, 7) is 9.31. The Balaban J connectivity index is 2.26. The molecule has 0 aliphatic carbocycles. The van der Waals surface area contributed by atoms with E-state index in [-0.39, 0.29) is 12.1 Å². The van der Waals surface area contributed by atoms with Gasteiger partial charge in [0.2, 0.25) is 5.91 Å². The van der Waals surface area contributed by atoms with Crippen LogP contribution in [0.15, 0.2) is 17.5 Å². The van der Waals surface area contributed by atoms with E-state index in [1.54, 1.807) is 11.3 Å². The first-order valence-electron chi connectivity index (χ1n) is 7.14. The van der Waals surface area contributed by atoms with Crippen molar-refractivity contribution < 1.29 is 4.79 Å². The van der Waals surface area contributed by atoms with Gasteiger partial charge in [0.1, 0.15) is 6.17 Å². The van der Waals surface area contributed by atoms with Crippen molar-refractivity contribution >= 4 is 17.2 Å². The van der Waals surface area contributed by atoms with Gasteiger partial charge in [-0.05, 0) is 30.7 Å². The van der Waals surface area contributed by atoms with Crippen molar-refractivity contribution in [1.82, 2.24) is 10.2 Å². The first kappa shape index (κ1) is 14.5. The normalized spacial score (nSPS) is 28.9. The molecule has 0 spiro atoms. The lowest BCUT2D eigenvalue weighted by Crippen LogP contribution is -2.43. The summed E-state index contributed by atoms with van der Waals surface area (Å²) in [4.78, 5) is 15.9. The molecule has 1 aromatic rings. The number of carbonyl (C=O) groups excluding carboxylic acids is 1. The molecule has 19 heavy (non-hydrogen) atoms. The second-order valence-corrected chi connectivity index (χ2v) is 6.70. The lowest BCUT2D eigenvalue weighted by atomic mass is 9.99. The van der Waals surface area contributed by atoms with Gasteiger partial charge in [-0.1, -0.05) is 33.3 Å². The summed E-state index contributed by atoms with van der Waals surface area (Å²) in [5.74, 6) is 0.779. The van der Waals surface area contributed by atoms with E-state index < -0.39 is 5.54 Å². The number of nitrogens with zero attached hydrogens (tertiary/aromatic N) is 1.